The Bertz CT molecular complexity index is 1280. The highest BCUT2D eigenvalue weighted by molar-refractivity contribution is 7.10. The van der Waals surface area contributed by atoms with Crippen LogP contribution in [0, 0.1) is 32.5 Å². The summed E-state index contributed by atoms with van der Waals surface area (Å²) in [7, 11) is 0. The molecule has 0 radical (unpaired) electrons. The predicted octanol–water partition coefficient (Wildman–Crippen LogP) is 5.48. The number of aromatic nitrogens is 1. The number of ketones is 2. The number of Topliss-reactive ketones (excluding diaryl/α,β-unsaturated/α-hetero) is 2. The van der Waals surface area contributed by atoms with Gasteiger partial charge in [0.2, 0.25) is 5.91 Å². The van der Waals surface area contributed by atoms with Crippen molar-refractivity contribution in [3.63, 3.8) is 0 Å². The smallest absolute Gasteiger partial charge is 0.221 e. The molecule has 5 nitrogen and oxygen atoms in total. The second-order valence-electron chi connectivity index (χ2n) is 8.72. The summed E-state index contributed by atoms with van der Waals surface area (Å²) in [6, 6.07) is 6.64. The molecular formula is C26H24ClFN2O3S. The lowest BCUT2D eigenvalue weighted by Crippen LogP contribution is -2.27. The quantitative estimate of drug-likeness (QED) is 0.457. The highest BCUT2D eigenvalue weighted by atomic mass is 35.5. The van der Waals surface area contributed by atoms with Crippen LogP contribution in [0.3, 0.4) is 0 Å². The van der Waals surface area contributed by atoms with Gasteiger partial charge < -0.3 is 5.32 Å². The summed E-state index contributed by atoms with van der Waals surface area (Å²) in [5, 5.41) is 5.03. The summed E-state index contributed by atoms with van der Waals surface area (Å²) in [4.78, 5) is 43.7. The number of aryl methyl sites for hydroxylation is 3. The van der Waals surface area contributed by atoms with E-state index in [1.165, 1.54) is 12.3 Å². The van der Waals surface area contributed by atoms with E-state index in [0.717, 1.165) is 10.4 Å². The lowest BCUT2D eigenvalue weighted by Gasteiger charge is -2.17. The molecule has 34 heavy (non-hydrogen) atoms. The van der Waals surface area contributed by atoms with Gasteiger partial charge in [0.05, 0.1) is 11.6 Å². The number of thiophene rings is 1. The van der Waals surface area contributed by atoms with Crippen LogP contribution in [0.5, 0.6) is 0 Å². The first kappa shape index (κ1) is 24.2. The molecule has 2 heterocycles. The third kappa shape index (κ3) is 4.81. The van der Waals surface area contributed by atoms with Crippen LogP contribution in [0.15, 0.2) is 35.8 Å². The molecule has 176 valence electrons. The Morgan fingerprint density at radius 3 is 2.50 bits per heavy atom. The van der Waals surface area contributed by atoms with Crippen LogP contribution in [0.4, 0.5) is 4.39 Å². The fraction of sp³-hybridized carbons (Fsp3) is 0.308. The predicted molar refractivity (Wildman–Crippen MR) is 130 cm³/mol. The number of nitrogens with one attached hydrogen (secondary N) is 1. The third-order valence-electron chi connectivity index (χ3n) is 6.27. The molecule has 1 N–H and O–H groups in total. The topological polar surface area (TPSA) is 76.1 Å². The number of hydrogen-bond donors (Lipinski definition) is 1. The number of amides is 1. The molecule has 2 unspecified atom stereocenters. The van der Waals surface area contributed by atoms with Gasteiger partial charge in [-0.1, -0.05) is 11.6 Å². The number of rotatable bonds is 6. The lowest BCUT2D eigenvalue weighted by atomic mass is 9.85. The van der Waals surface area contributed by atoms with Crippen molar-refractivity contribution in [2.24, 2.45) is 5.92 Å². The molecule has 4 rings (SSSR count). The average molecular weight is 499 g/mol. The summed E-state index contributed by atoms with van der Waals surface area (Å²) in [5.41, 5.74) is 3.85. The van der Waals surface area contributed by atoms with E-state index in [2.05, 4.69) is 10.3 Å². The van der Waals surface area contributed by atoms with Crippen molar-refractivity contribution in [3.8, 4) is 11.3 Å². The fourth-order valence-electron chi connectivity index (χ4n) is 4.59. The highest BCUT2D eigenvalue weighted by Crippen LogP contribution is 2.38. The molecule has 2 atom stereocenters. The van der Waals surface area contributed by atoms with E-state index in [1.54, 1.807) is 37.3 Å². The van der Waals surface area contributed by atoms with E-state index in [1.807, 2.05) is 18.4 Å². The van der Waals surface area contributed by atoms with Crippen molar-refractivity contribution >= 4 is 40.4 Å². The van der Waals surface area contributed by atoms with Crippen LogP contribution in [-0.2, 0) is 20.9 Å². The number of pyridine rings is 1. The Kier molecular flexibility index (Phi) is 6.96. The van der Waals surface area contributed by atoms with E-state index >= 15 is 0 Å². The number of benzene rings is 1. The molecule has 0 saturated heterocycles. The third-order valence-corrected chi connectivity index (χ3v) is 7.50. The SMILES string of the molecule is Cc1ccsc1CNC(=O)CC1CC(=O)C(c2c(C)cc(-c3ncc(Cl)cc3F)cc2C)C1=O. The monoisotopic (exact) mass is 498 g/mol. The van der Waals surface area contributed by atoms with Gasteiger partial charge in [0.1, 0.15) is 17.4 Å². The van der Waals surface area contributed by atoms with Gasteiger partial charge in [-0.25, -0.2) is 4.39 Å². The van der Waals surface area contributed by atoms with Crippen molar-refractivity contribution in [2.75, 3.05) is 0 Å². The highest BCUT2D eigenvalue weighted by Gasteiger charge is 2.43. The van der Waals surface area contributed by atoms with Crippen LogP contribution in [0.2, 0.25) is 5.02 Å². The summed E-state index contributed by atoms with van der Waals surface area (Å²) in [6.07, 6.45) is 1.41. The number of carbonyl (C=O) groups excluding carboxylic acids is 3. The molecule has 1 aliphatic carbocycles. The van der Waals surface area contributed by atoms with Crippen LogP contribution < -0.4 is 5.32 Å². The minimum Gasteiger partial charge on any atom is -0.351 e. The zero-order chi connectivity index (χ0) is 24.6. The largest absolute Gasteiger partial charge is 0.351 e. The standard InChI is InChI=1S/C26H24ClFN2O3S/c1-13-4-5-34-21(13)12-29-22(32)9-17-8-20(31)24(26(17)33)23-14(2)6-16(7-15(23)3)25-19(28)10-18(27)11-30-25/h4-7,10-11,17,24H,8-9,12H2,1-3H3,(H,29,32). The molecular weight excluding hydrogens is 475 g/mol. The molecule has 0 bridgehead atoms. The molecule has 1 saturated carbocycles. The van der Waals surface area contributed by atoms with E-state index < -0.39 is 17.7 Å². The Balaban J connectivity index is 1.51. The molecule has 0 spiro atoms. The normalized spacial score (nSPS) is 17.9. The van der Waals surface area contributed by atoms with Gasteiger partial charge in [0.15, 0.2) is 11.6 Å². The van der Waals surface area contributed by atoms with Gasteiger partial charge in [0.25, 0.3) is 0 Å². The van der Waals surface area contributed by atoms with Crippen LogP contribution in [0.1, 0.15) is 45.9 Å². The maximum Gasteiger partial charge on any atom is 0.221 e. The fourth-order valence-corrected chi connectivity index (χ4v) is 5.58. The van der Waals surface area contributed by atoms with Gasteiger partial charge in [-0.3, -0.25) is 19.4 Å². The first-order valence-corrected chi connectivity index (χ1v) is 12.2. The van der Waals surface area contributed by atoms with Crippen LogP contribution in [-0.4, -0.2) is 22.5 Å². The first-order valence-electron chi connectivity index (χ1n) is 10.9. The van der Waals surface area contributed by atoms with E-state index in [0.29, 0.717) is 28.8 Å². The molecule has 1 amide bonds. The molecule has 2 aromatic heterocycles. The number of carbonyl (C=O) groups is 3. The van der Waals surface area contributed by atoms with Crippen molar-refractivity contribution in [3.05, 3.63) is 73.8 Å². The van der Waals surface area contributed by atoms with Gasteiger partial charge >= 0.3 is 0 Å². The first-order chi connectivity index (χ1) is 16.2. The summed E-state index contributed by atoms with van der Waals surface area (Å²) in [5.74, 6) is -2.76. The van der Waals surface area contributed by atoms with Crippen molar-refractivity contribution in [1.82, 2.24) is 10.3 Å². The zero-order valence-corrected chi connectivity index (χ0v) is 20.6. The minimum absolute atomic E-state index is 0.0123. The van der Waals surface area contributed by atoms with E-state index in [4.69, 9.17) is 11.6 Å². The van der Waals surface area contributed by atoms with Gasteiger partial charge in [0, 0.05) is 35.4 Å². The maximum atomic E-state index is 14.4. The molecule has 3 aromatic rings. The summed E-state index contributed by atoms with van der Waals surface area (Å²) >= 11 is 7.37. The van der Waals surface area contributed by atoms with Crippen LogP contribution in [0.25, 0.3) is 11.3 Å². The Morgan fingerprint density at radius 2 is 1.88 bits per heavy atom. The van der Waals surface area contributed by atoms with Crippen molar-refractivity contribution in [2.45, 2.75) is 46.1 Å². The minimum atomic E-state index is -0.908. The average Bonchev–Trinajstić information content (AvgIpc) is 3.29. The Hall–Kier alpha value is -2.90. The van der Waals surface area contributed by atoms with Crippen LogP contribution >= 0.6 is 22.9 Å². The van der Waals surface area contributed by atoms with Crippen molar-refractivity contribution < 1.29 is 18.8 Å². The molecule has 1 aromatic carbocycles. The molecule has 1 fully saturated rings. The van der Waals surface area contributed by atoms with Gasteiger partial charge in [-0.15, -0.1) is 11.3 Å². The summed E-state index contributed by atoms with van der Waals surface area (Å²) in [6.45, 7) is 5.98. The zero-order valence-electron chi connectivity index (χ0n) is 19.1. The number of halogens is 2. The second kappa shape index (κ2) is 9.76. The van der Waals surface area contributed by atoms with E-state index in [-0.39, 0.29) is 41.0 Å². The lowest BCUT2D eigenvalue weighted by molar-refractivity contribution is -0.128. The van der Waals surface area contributed by atoms with Gasteiger partial charge in [-0.05, 0) is 72.7 Å². The molecule has 8 heteroatoms. The molecule has 1 aliphatic rings. The van der Waals surface area contributed by atoms with E-state index in [9.17, 15) is 18.8 Å². The number of hydrogen-bond acceptors (Lipinski definition) is 5. The Labute approximate surface area is 206 Å². The number of nitrogens with zero attached hydrogens (tertiary/aromatic N) is 1. The second-order valence-corrected chi connectivity index (χ2v) is 10.2. The summed E-state index contributed by atoms with van der Waals surface area (Å²) < 4.78 is 14.4. The Morgan fingerprint density at radius 1 is 1.18 bits per heavy atom. The maximum absolute atomic E-state index is 14.4. The molecule has 0 aliphatic heterocycles. The van der Waals surface area contributed by atoms with Gasteiger partial charge in [-0.2, -0.15) is 0 Å². The van der Waals surface area contributed by atoms with Crippen molar-refractivity contribution in [1.29, 1.82) is 0 Å².